The Labute approximate surface area is 144 Å². The highest BCUT2D eigenvalue weighted by molar-refractivity contribution is 5.81. The lowest BCUT2D eigenvalue weighted by Gasteiger charge is -2.26. The van der Waals surface area contributed by atoms with Crippen LogP contribution in [0, 0.1) is 5.92 Å². The minimum atomic E-state index is -0.902. The number of aliphatic hydroxyl groups is 1. The SMILES string of the molecule is CC(C)(O)C1CC(C(=O)NC2CNN(CC3CCCCC3)C2)ON1. The largest absolute Gasteiger partial charge is 0.389 e. The summed E-state index contributed by atoms with van der Waals surface area (Å²) in [6, 6.07) is -0.108. The molecule has 7 nitrogen and oxygen atoms in total. The molecular weight excluding hydrogens is 308 g/mol. The first-order valence-electron chi connectivity index (χ1n) is 9.34. The van der Waals surface area contributed by atoms with E-state index in [1.165, 1.54) is 32.1 Å². The lowest BCUT2D eigenvalue weighted by molar-refractivity contribution is -0.133. The highest BCUT2D eigenvalue weighted by atomic mass is 16.7. The minimum absolute atomic E-state index is 0.0967. The number of hydrogen-bond donors (Lipinski definition) is 4. The normalized spacial score (nSPS) is 33.0. The van der Waals surface area contributed by atoms with Crippen molar-refractivity contribution in [2.75, 3.05) is 19.6 Å². The molecule has 3 rings (SSSR count). The maximum atomic E-state index is 12.4. The number of nitrogens with one attached hydrogen (secondary N) is 3. The summed E-state index contributed by atoms with van der Waals surface area (Å²) in [5, 5.41) is 15.3. The van der Waals surface area contributed by atoms with Crippen molar-refractivity contribution in [3.8, 4) is 0 Å². The molecule has 0 bridgehead atoms. The van der Waals surface area contributed by atoms with Crippen molar-refractivity contribution in [1.82, 2.24) is 21.2 Å². The zero-order valence-electron chi connectivity index (χ0n) is 14.9. The quantitative estimate of drug-likeness (QED) is 0.576. The van der Waals surface area contributed by atoms with Gasteiger partial charge in [0.2, 0.25) is 0 Å². The van der Waals surface area contributed by atoms with Crippen LogP contribution < -0.4 is 16.2 Å². The van der Waals surface area contributed by atoms with Crippen molar-refractivity contribution < 1.29 is 14.7 Å². The molecule has 7 heteroatoms. The van der Waals surface area contributed by atoms with E-state index >= 15 is 0 Å². The standard InChI is InChI=1S/C17H32N4O3/c1-17(2,23)15-8-14(24-20-15)16(22)19-13-9-18-21(11-13)10-12-6-4-3-5-7-12/h12-15,18,20,23H,3-11H2,1-2H3,(H,19,22). The fraction of sp³-hybridized carbons (Fsp3) is 0.941. The summed E-state index contributed by atoms with van der Waals surface area (Å²) in [6.45, 7) is 6.14. The third kappa shape index (κ3) is 4.67. The Morgan fingerprint density at radius 2 is 2.08 bits per heavy atom. The smallest absolute Gasteiger partial charge is 0.251 e. The summed E-state index contributed by atoms with van der Waals surface area (Å²) in [5.74, 6) is 0.691. The molecule has 2 aliphatic heterocycles. The maximum absolute atomic E-state index is 12.4. The van der Waals surface area contributed by atoms with Crippen LogP contribution in [0.5, 0.6) is 0 Å². The molecule has 3 fully saturated rings. The van der Waals surface area contributed by atoms with Crippen LogP contribution in [0.4, 0.5) is 0 Å². The average Bonchev–Trinajstić information content (AvgIpc) is 3.17. The zero-order valence-corrected chi connectivity index (χ0v) is 14.9. The van der Waals surface area contributed by atoms with Crippen LogP contribution in [-0.2, 0) is 9.63 Å². The van der Waals surface area contributed by atoms with E-state index in [-0.39, 0.29) is 18.0 Å². The Balaban J connectivity index is 1.40. The van der Waals surface area contributed by atoms with Crippen molar-refractivity contribution in [3.63, 3.8) is 0 Å². The molecule has 1 aliphatic carbocycles. The van der Waals surface area contributed by atoms with Gasteiger partial charge in [0, 0.05) is 26.1 Å². The number of nitrogens with zero attached hydrogens (tertiary/aromatic N) is 1. The van der Waals surface area contributed by atoms with Gasteiger partial charge in [-0.05, 0) is 32.6 Å². The second kappa shape index (κ2) is 7.66. The van der Waals surface area contributed by atoms with Gasteiger partial charge in [0.15, 0.2) is 6.10 Å². The molecule has 138 valence electrons. The highest BCUT2D eigenvalue weighted by Gasteiger charge is 2.39. The Morgan fingerprint density at radius 1 is 1.33 bits per heavy atom. The monoisotopic (exact) mass is 340 g/mol. The molecule has 4 N–H and O–H groups in total. The molecule has 1 amide bonds. The van der Waals surface area contributed by atoms with Crippen LogP contribution in [0.1, 0.15) is 52.4 Å². The molecule has 3 atom stereocenters. The molecule has 3 unspecified atom stereocenters. The van der Waals surface area contributed by atoms with E-state index in [4.69, 9.17) is 4.84 Å². The molecule has 1 saturated carbocycles. The third-order valence-corrected chi connectivity index (χ3v) is 5.50. The molecular formula is C17H32N4O3. The van der Waals surface area contributed by atoms with Crippen molar-refractivity contribution in [2.24, 2.45) is 5.92 Å². The van der Waals surface area contributed by atoms with Crippen molar-refractivity contribution in [3.05, 3.63) is 0 Å². The molecule has 24 heavy (non-hydrogen) atoms. The molecule has 0 aromatic carbocycles. The van der Waals surface area contributed by atoms with Crippen LogP contribution in [0.15, 0.2) is 0 Å². The van der Waals surface area contributed by atoms with Crippen molar-refractivity contribution in [1.29, 1.82) is 0 Å². The van der Waals surface area contributed by atoms with Gasteiger partial charge in [-0.2, -0.15) is 5.48 Å². The number of rotatable bonds is 5. The van der Waals surface area contributed by atoms with Crippen LogP contribution >= 0.6 is 0 Å². The van der Waals surface area contributed by atoms with Crippen molar-refractivity contribution in [2.45, 2.75) is 76.2 Å². The summed E-state index contributed by atoms with van der Waals surface area (Å²) >= 11 is 0. The number of carbonyl (C=O) groups is 1. The highest BCUT2D eigenvalue weighted by Crippen LogP contribution is 2.25. The summed E-state index contributed by atoms with van der Waals surface area (Å²) in [7, 11) is 0. The molecule has 2 heterocycles. The van der Waals surface area contributed by atoms with Crippen LogP contribution in [0.2, 0.25) is 0 Å². The first-order valence-corrected chi connectivity index (χ1v) is 9.34. The fourth-order valence-electron chi connectivity index (χ4n) is 3.91. The van der Waals surface area contributed by atoms with Gasteiger partial charge in [0.25, 0.3) is 5.91 Å². The van der Waals surface area contributed by atoms with Gasteiger partial charge in [-0.15, -0.1) is 0 Å². The van der Waals surface area contributed by atoms with E-state index in [0.29, 0.717) is 6.42 Å². The van der Waals surface area contributed by atoms with Crippen LogP contribution in [0.25, 0.3) is 0 Å². The number of hydroxylamine groups is 1. The van der Waals surface area contributed by atoms with E-state index in [1.54, 1.807) is 13.8 Å². The predicted molar refractivity (Wildman–Crippen MR) is 90.8 cm³/mol. The summed E-state index contributed by atoms with van der Waals surface area (Å²) in [6.07, 6.45) is 6.70. The van der Waals surface area contributed by atoms with Crippen LogP contribution in [-0.4, -0.2) is 59.4 Å². The van der Waals surface area contributed by atoms with Gasteiger partial charge in [0.05, 0.1) is 17.7 Å². The van der Waals surface area contributed by atoms with Gasteiger partial charge in [-0.25, -0.2) is 5.01 Å². The summed E-state index contributed by atoms with van der Waals surface area (Å²) in [5.41, 5.74) is 5.28. The lowest BCUT2D eigenvalue weighted by atomic mass is 9.89. The second-order valence-electron chi connectivity index (χ2n) is 8.14. The number of amides is 1. The Bertz CT molecular complexity index is 434. The third-order valence-electron chi connectivity index (χ3n) is 5.50. The fourth-order valence-corrected chi connectivity index (χ4v) is 3.91. The molecule has 0 aromatic heterocycles. The van der Waals surface area contributed by atoms with E-state index in [9.17, 15) is 9.90 Å². The predicted octanol–water partition coefficient (Wildman–Crippen LogP) is 0.305. The van der Waals surface area contributed by atoms with Crippen molar-refractivity contribution >= 4 is 5.91 Å². The van der Waals surface area contributed by atoms with E-state index in [1.807, 2.05) is 0 Å². The zero-order chi connectivity index (χ0) is 17.2. The Kier molecular flexibility index (Phi) is 5.77. The summed E-state index contributed by atoms with van der Waals surface area (Å²) < 4.78 is 0. The number of hydrazine groups is 1. The number of carbonyl (C=O) groups excluding carboxylic acids is 1. The first kappa shape index (κ1) is 18.1. The van der Waals surface area contributed by atoms with Gasteiger partial charge >= 0.3 is 0 Å². The van der Waals surface area contributed by atoms with Gasteiger partial charge < -0.3 is 10.4 Å². The minimum Gasteiger partial charge on any atom is -0.389 e. The van der Waals surface area contributed by atoms with Crippen LogP contribution in [0.3, 0.4) is 0 Å². The van der Waals surface area contributed by atoms with E-state index < -0.39 is 11.7 Å². The van der Waals surface area contributed by atoms with E-state index in [0.717, 1.165) is 25.6 Å². The molecule has 0 radical (unpaired) electrons. The van der Waals surface area contributed by atoms with Gasteiger partial charge in [0.1, 0.15) is 0 Å². The maximum Gasteiger partial charge on any atom is 0.251 e. The number of hydrogen-bond acceptors (Lipinski definition) is 6. The van der Waals surface area contributed by atoms with E-state index in [2.05, 4.69) is 21.2 Å². The first-order chi connectivity index (χ1) is 11.4. The molecule has 0 spiro atoms. The average molecular weight is 340 g/mol. The summed E-state index contributed by atoms with van der Waals surface area (Å²) in [4.78, 5) is 17.7. The van der Waals surface area contributed by atoms with Gasteiger partial charge in [-0.1, -0.05) is 19.3 Å². The second-order valence-corrected chi connectivity index (χ2v) is 8.14. The lowest BCUT2D eigenvalue weighted by Crippen LogP contribution is -2.44. The van der Waals surface area contributed by atoms with Gasteiger partial charge in [-0.3, -0.25) is 15.1 Å². The Morgan fingerprint density at radius 3 is 2.75 bits per heavy atom. The topological polar surface area (TPSA) is 85.9 Å². The molecule has 3 aliphatic rings. The molecule has 2 saturated heterocycles. The molecule has 0 aromatic rings. The Hall–Kier alpha value is -0.730.